The van der Waals surface area contributed by atoms with Gasteiger partial charge >= 0.3 is 7.12 Å². The first-order chi connectivity index (χ1) is 10.1. The van der Waals surface area contributed by atoms with Crippen molar-refractivity contribution in [2.45, 2.75) is 57.3 Å². The van der Waals surface area contributed by atoms with E-state index in [9.17, 15) is 0 Å². The van der Waals surface area contributed by atoms with E-state index in [0.717, 1.165) is 25.2 Å². The quantitative estimate of drug-likeness (QED) is 0.483. The fourth-order valence-electron chi connectivity index (χ4n) is 3.33. The molecule has 0 bridgehead atoms. The van der Waals surface area contributed by atoms with Gasteiger partial charge < -0.3 is 15.8 Å². The maximum absolute atomic E-state index is 8.80. The number of hydrogen-bond acceptors (Lipinski definition) is 3. The van der Waals surface area contributed by atoms with E-state index in [-0.39, 0.29) is 0 Å². The third-order valence-corrected chi connectivity index (χ3v) is 4.81. The Labute approximate surface area is 128 Å². The Kier molecular flexibility index (Phi) is 6.75. The van der Waals surface area contributed by atoms with Crippen molar-refractivity contribution in [3.8, 4) is 0 Å². The molecule has 1 aliphatic rings. The lowest BCUT2D eigenvalue weighted by atomic mass is 9.68. The van der Waals surface area contributed by atoms with Crippen LogP contribution >= 0.6 is 0 Å². The Balaban J connectivity index is 1.54. The van der Waals surface area contributed by atoms with Crippen LogP contribution in [0.3, 0.4) is 0 Å². The monoisotopic (exact) mass is 289 g/mol. The topological polar surface area (TPSA) is 66.5 Å². The van der Waals surface area contributed by atoms with Crippen LogP contribution in [0.25, 0.3) is 0 Å². The normalized spacial score (nSPS) is 22.6. The van der Waals surface area contributed by atoms with E-state index in [1.165, 1.54) is 31.2 Å². The van der Waals surface area contributed by atoms with Gasteiger partial charge in [0.15, 0.2) is 0 Å². The van der Waals surface area contributed by atoms with Crippen molar-refractivity contribution in [2.75, 3.05) is 0 Å². The molecule has 1 aliphatic carbocycles. The number of nitrogens with two attached hydrogens (primary N) is 1. The standard InChI is InChI=1S/C17H28BNO2/c19-17(8-4-5-11-18(20)21)16-12-15(13-16)10-9-14-6-2-1-3-7-14/h1-3,6-7,15-17,20-21H,4-5,8-13,19H2. The molecule has 1 fully saturated rings. The molecule has 0 amide bonds. The summed E-state index contributed by atoms with van der Waals surface area (Å²) in [4.78, 5) is 0. The fourth-order valence-corrected chi connectivity index (χ4v) is 3.33. The molecule has 0 aromatic heterocycles. The molecule has 0 radical (unpaired) electrons. The van der Waals surface area contributed by atoms with Gasteiger partial charge in [0.25, 0.3) is 0 Å². The van der Waals surface area contributed by atoms with E-state index in [1.807, 2.05) is 0 Å². The number of aryl methyl sites for hydroxylation is 1. The summed E-state index contributed by atoms with van der Waals surface area (Å²) in [5.41, 5.74) is 7.68. The Morgan fingerprint density at radius 3 is 2.52 bits per heavy atom. The van der Waals surface area contributed by atoms with E-state index in [0.29, 0.717) is 18.3 Å². The van der Waals surface area contributed by atoms with E-state index >= 15 is 0 Å². The van der Waals surface area contributed by atoms with E-state index < -0.39 is 7.12 Å². The first kappa shape index (κ1) is 16.5. The summed E-state index contributed by atoms with van der Waals surface area (Å²) in [5.74, 6) is 1.53. The summed E-state index contributed by atoms with van der Waals surface area (Å²) in [5, 5.41) is 17.6. The predicted molar refractivity (Wildman–Crippen MR) is 87.8 cm³/mol. The van der Waals surface area contributed by atoms with Crippen molar-refractivity contribution in [3.63, 3.8) is 0 Å². The lowest BCUT2D eigenvalue weighted by Crippen LogP contribution is -2.39. The maximum atomic E-state index is 8.80. The minimum atomic E-state index is -1.16. The SMILES string of the molecule is NC(CCCCB(O)O)C1CC(CCc2ccccc2)C1. The molecule has 0 heterocycles. The summed E-state index contributed by atoms with van der Waals surface area (Å²) in [7, 11) is -1.16. The average Bonchev–Trinajstić information content (AvgIpc) is 2.43. The molecule has 116 valence electrons. The minimum Gasteiger partial charge on any atom is -0.427 e. The number of unbranched alkanes of at least 4 members (excludes halogenated alkanes) is 1. The van der Waals surface area contributed by atoms with Gasteiger partial charge in [0.2, 0.25) is 0 Å². The average molecular weight is 289 g/mol. The van der Waals surface area contributed by atoms with Gasteiger partial charge in [-0.15, -0.1) is 0 Å². The van der Waals surface area contributed by atoms with Crippen molar-refractivity contribution in [1.29, 1.82) is 0 Å². The van der Waals surface area contributed by atoms with Gasteiger partial charge in [-0.05, 0) is 55.8 Å². The Hall–Kier alpha value is -0.835. The molecule has 4 N–H and O–H groups in total. The van der Waals surface area contributed by atoms with Gasteiger partial charge in [0.1, 0.15) is 0 Å². The van der Waals surface area contributed by atoms with E-state index in [1.54, 1.807) is 0 Å². The maximum Gasteiger partial charge on any atom is 0.451 e. The molecular formula is C17H28BNO2. The zero-order chi connectivity index (χ0) is 15.1. The largest absolute Gasteiger partial charge is 0.451 e. The second-order valence-electron chi connectivity index (χ2n) is 6.55. The van der Waals surface area contributed by atoms with E-state index in [4.69, 9.17) is 15.8 Å². The Bertz CT molecular complexity index is 393. The summed E-state index contributed by atoms with van der Waals surface area (Å²) >= 11 is 0. The smallest absolute Gasteiger partial charge is 0.427 e. The molecule has 1 saturated carbocycles. The zero-order valence-corrected chi connectivity index (χ0v) is 12.8. The van der Waals surface area contributed by atoms with Gasteiger partial charge in [0, 0.05) is 6.04 Å². The van der Waals surface area contributed by atoms with Crippen molar-refractivity contribution in [1.82, 2.24) is 0 Å². The van der Waals surface area contributed by atoms with Crippen LogP contribution in [0.2, 0.25) is 6.32 Å². The van der Waals surface area contributed by atoms with Crippen LogP contribution in [-0.2, 0) is 6.42 Å². The van der Waals surface area contributed by atoms with Crippen molar-refractivity contribution >= 4 is 7.12 Å². The third-order valence-electron chi connectivity index (χ3n) is 4.81. The molecule has 1 unspecified atom stereocenters. The van der Waals surface area contributed by atoms with Crippen LogP contribution in [0, 0.1) is 11.8 Å². The molecule has 1 atom stereocenters. The zero-order valence-electron chi connectivity index (χ0n) is 12.8. The third kappa shape index (κ3) is 5.81. The van der Waals surface area contributed by atoms with Crippen LogP contribution < -0.4 is 5.73 Å². The molecular weight excluding hydrogens is 261 g/mol. The number of rotatable bonds is 9. The highest BCUT2D eigenvalue weighted by atomic mass is 16.4. The van der Waals surface area contributed by atoms with Gasteiger partial charge in [-0.2, -0.15) is 0 Å². The lowest BCUT2D eigenvalue weighted by Gasteiger charge is -2.39. The highest BCUT2D eigenvalue weighted by Gasteiger charge is 2.32. The summed E-state index contributed by atoms with van der Waals surface area (Å²) in [6.45, 7) is 0. The Morgan fingerprint density at radius 2 is 1.86 bits per heavy atom. The number of hydrogen-bond donors (Lipinski definition) is 3. The molecule has 0 saturated heterocycles. The highest BCUT2D eigenvalue weighted by molar-refractivity contribution is 6.40. The molecule has 1 aromatic rings. The van der Waals surface area contributed by atoms with Gasteiger partial charge in [-0.3, -0.25) is 0 Å². The molecule has 0 spiro atoms. The Morgan fingerprint density at radius 1 is 1.14 bits per heavy atom. The van der Waals surface area contributed by atoms with Gasteiger partial charge in [-0.1, -0.05) is 43.2 Å². The summed E-state index contributed by atoms with van der Waals surface area (Å²) in [6, 6.07) is 11.0. The molecule has 1 aromatic carbocycles. The van der Waals surface area contributed by atoms with Crippen LogP contribution in [0.15, 0.2) is 30.3 Å². The fraction of sp³-hybridized carbons (Fsp3) is 0.647. The van der Waals surface area contributed by atoms with Crippen LogP contribution in [-0.4, -0.2) is 23.2 Å². The highest BCUT2D eigenvalue weighted by Crippen LogP contribution is 2.39. The van der Waals surface area contributed by atoms with Crippen molar-refractivity contribution in [3.05, 3.63) is 35.9 Å². The molecule has 4 heteroatoms. The summed E-state index contributed by atoms with van der Waals surface area (Å²) < 4.78 is 0. The lowest BCUT2D eigenvalue weighted by molar-refractivity contribution is 0.147. The van der Waals surface area contributed by atoms with Crippen LogP contribution in [0.1, 0.15) is 44.1 Å². The second kappa shape index (κ2) is 8.57. The predicted octanol–water partition coefficient (Wildman–Crippen LogP) is 2.62. The van der Waals surface area contributed by atoms with Crippen molar-refractivity contribution in [2.24, 2.45) is 17.6 Å². The minimum absolute atomic E-state index is 0.300. The first-order valence-electron chi connectivity index (χ1n) is 8.31. The first-order valence-corrected chi connectivity index (χ1v) is 8.31. The molecule has 21 heavy (non-hydrogen) atoms. The van der Waals surface area contributed by atoms with E-state index in [2.05, 4.69) is 30.3 Å². The second-order valence-corrected chi connectivity index (χ2v) is 6.55. The number of benzene rings is 1. The van der Waals surface area contributed by atoms with Gasteiger partial charge in [-0.25, -0.2) is 0 Å². The van der Waals surface area contributed by atoms with Crippen LogP contribution in [0.5, 0.6) is 0 Å². The molecule has 0 aliphatic heterocycles. The summed E-state index contributed by atoms with van der Waals surface area (Å²) in [6.07, 6.45) is 8.36. The van der Waals surface area contributed by atoms with Gasteiger partial charge in [0.05, 0.1) is 0 Å². The molecule has 3 nitrogen and oxygen atoms in total. The molecule has 2 rings (SSSR count). The van der Waals surface area contributed by atoms with Crippen LogP contribution in [0.4, 0.5) is 0 Å². The van der Waals surface area contributed by atoms with Crippen molar-refractivity contribution < 1.29 is 10.0 Å².